The Morgan fingerprint density at radius 3 is 2.59 bits per heavy atom. The summed E-state index contributed by atoms with van der Waals surface area (Å²) in [7, 11) is 0. The van der Waals surface area contributed by atoms with Gasteiger partial charge in [0, 0.05) is 22.3 Å². The van der Waals surface area contributed by atoms with Crippen molar-refractivity contribution >= 4 is 11.3 Å². The summed E-state index contributed by atoms with van der Waals surface area (Å²) >= 11 is 1.96. The van der Waals surface area contributed by atoms with Crippen LogP contribution in [0.4, 0.5) is 0 Å². The summed E-state index contributed by atoms with van der Waals surface area (Å²) in [4.78, 5) is 3.00. The molecule has 1 saturated carbocycles. The molecule has 0 radical (unpaired) electrons. The Balaban J connectivity index is 1.76. The first kappa shape index (κ1) is 13.1. The summed E-state index contributed by atoms with van der Waals surface area (Å²) in [5, 5.41) is 3.72. The second-order valence-electron chi connectivity index (χ2n) is 5.29. The largest absolute Gasteiger partial charge is 0.309 e. The zero-order chi connectivity index (χ0) is 12.1. The third kappa shape index (κ3) is 3.82. The lowest BCUT2D eigenvalue weighted by Gasteiger charge is -2.28. The summed E-state index contributed by atoms with van der Waals surface area (Å²) in [5.41, 5.74) is 0. The zero-order valence-electron chi connectivity index (χ0n) is 11.2. The fourth-order valence-electron chi connectivity index (χ4n) is 2.77. The van der Waals surface area contributed by atoms with E-state index in [0.29, 0.717) is 6.04 Å². The Morgan fingerprint density at radius 1 is 1.24 bits per heavy atom. The molecule has 1 aromatic heterocycles. The van der Waals surface area contributed by atoms with Crippen molar-refractivity contribution in [1.29, 1.82) is 0 Å². The minimum absolute atomic E-state index is 0.683. The molecule has 1 aromatic rings. The zero-order valence-corrected chi connectivity index (χ0v) is 12.0. The van der Waals surface area contributed by atoms with Gasteiger partial charge in [-0.2, -0.15) is 0 Å². The Kier molecular flexibility index (Phi) is 5.05. The predicted molar refractivity (Wildman–Crippen MR) is 76.6 cm³/mol. The van der Waals surface area contributed by atoms with E-state index in [2.05, 4.69) is 31.3 Å². The van der Waals surface area contributed by atoms with Crippen molar-refractivity contribution in [3.8, 4) is 0 Å². The van der Waals surface area contributed by atoms with Gasteiger partial charge in [0.2, 0.25) is 0 Å². The van der Waals surface area contributed by atoms with E-state index < -0.39 is 0 Å². The van der Waals surface area contributed by atoms with E-state index >= 15 is 0 Å². The molecular weight excluding hydrogens is 226 g/mol. The Hall–Kier alpha value is -0.340. The van der Waals surface area contributed by atoms with E-state index in [4.69, 9.17) is 0 Å². The molecule has 2 heteroatoms. The van der Waals surface area contributed by atoms with Gasteiger partial charge >= 0.3 is 0 Å². The highest BCUT2D eigenvalue weighted by Crippen LogP contribution is 2.26. The standard InChI is InChI=1S/C15H25NS/c1-3-14-9-10-15(17-14)11-16-12(2)13-7-5-4-6-8-13/h9-10,12-13,16H,3-8,11H2,1-2H3. The number of hydrogen-bond donors (Lipinski definition) is 1. The smallest absolute Gasteiger partial charge is 0.0302 e. The summed E-state index contributed by atoms with van der Waals surface area (Å²) < 4.78 is 0. The van der Waals surface area contributed by atoms with Gasteiger partial charge < -0.3 is 5.32 Å². The predicted octanol–water partition coefficient (Wildman–Crippen LogP) is 4.37. The lowest BCUT2D eigenvalue weighted by atomic mass is 9.84. The van der Waals surface area contributed by atoms with Gasteiger partial charge in [-0.3, -0.25) is 0 Å². The maximum absolute atomic E-state index is 3.72. The molecule has 1 atom stereocenters. The molecule has 0 aliphatic heterocycles. The molecule has 1 heterocycles. The molecule has 17 heavy (non-hydrogen) atoms. The van der Waals surface area contributed by atoms with Gasteiger partial charge in [-0.15, -0.1) is 11.3 Å². The van der Waals surface area contributed by atoms with Crippen molar-refractivity contribution in [3.05, 3.63) is 21.9 Å². The number of aryl methyl sites for hydroxylation is 1. The summed E-state index contributed by atoms with van der Waals surface area (Å²) in [6.45, 7) is 5.65. The topological polar surface area (TPSA) is 12.0 Å². The molecule has 96 valence electrons. The second kappa shape index (κ2) is 6.55. The Bertz CT molecular complexity index is 325. The van der Waals surface area contributed by atoms with E-state index in [1.165, 1.54) is 48.3 Å². The van der Waals surface area contributed by atoms with Crippen LogP contribution in [0.2, 0.25) is 0 Å². The number of nitrogens with one attached hydrogen (secondary N) is 1. The quantitative estimate of drug-likeness (QED) is 0.819. The molecule has 1 aliphatic rings. The highest BCUT2D eigenvalue weighted by molar-refractivity contribution is 7.11. The van der Waals surface area contributed by atoms with Crippen molar-refractivity contribution in [1.82, 2.24) is 5.32 Å². The van der Waals surface area contributed by atoms with Crippen LogP contribution in [0.1, 0.15) is 55.7 Å². The molecule has 1 nitrogen and oxygen atoms in total. The van der Waals surface area contributed by atoms with E-state index in [9.17, 15) is 0 Å². The highest BCUT2D eigenvalue weighted by Gasteiger charge is 2.19. The van der Waals surface area contributed by atoms with Crippen molar-refractivity contribution in [2.45, 2.75) is 65.0 Å². The lowest BCUT2D eigenvalue weighted by molar-refractivity contribution is 0.281. The molecule has 1 fully saturated rings. The van der Waals surface area contributed by atoms with Gasteiger partial charge in [-0.05, 0) is 44.2 Å². The maximum Gasteiger partial charge on any atom is 0.0302 e. The Morgan fingerprint density at radius 2 is 1.94 bits per heavy atom. The van der Waals surface area contributed by atoms with Crippen molar-refractivity contribution in [3.63, 3.8) is 0 Å². The molecular formula is C15H25NS. The van der Waals surface area contributed by atoms with Gasteiger partial charge in [-0.1, -0.05) is 26.2 Å². The van der Waals surface area contributed by atoms with Crippen LogP contribution in [0.3, 0.4) is 0 Å². The third-order valence-corrected chi connectivity index (χ3v) is 5.25. The molecule has 2 rings (SSSR count). The van der Waals surface area contributed by atoms with Crippen LogP contribution in [0.15, 0.2) is 12.1 Å². The molecule has 1 unspecified atom stereocenters. The van der Waals surface area contributed by atoms with Crippen LogP contribution >= 0.6 is 11.3 Å². The number of thiophene rings is 1. The summed E-state index contributed by atoms with van der Waals surface area (Å²) in [6, 6.07) is 5.24. The molecule has 0 spiro atoms. The van der Waals surface area contributed by atoms with Gasteiger partial charge in [0.15, 0.2) is 0 Å². The van der Waals surface area contributed by atoms with Gasteiger partial charge in [0.1, 0.15) is 0 Å². The van der Waals surface area contributed by atoms with Crippen LogP contribution in [0.25, 0.3) is 0 Å². The normalized spacial score (nSPS) is 19.4. The summed E-state index contributed by atoms with van der Waals surface area (Å²) in [6.07, 6.45) is 8.36. The third-order valence-electron chi connectivity index (χ3n) is 4.02. The average Bonchev–Trinajstić information content (AvgIpc) is 2.85. The van der Waals surface area contributed by atoms with E-state index in [1.54, 1.807) is 0 Å². The molecule has 0 aromatic carbocycles. The molecule has 1 N–H and O–H groups in total. The molecule has 0 amide bonds. The first-order chi connectivity index (χ1) is 8.29. The lowest BCUT2D eigenvalue weighted by Crippen LogP contribution is -2.33. The van der Waals surface area contributed by atoms with Gasteiger partial charge in [0.05, 0.1) is 0 Å². The Labute approximate surface area is 110 Å². The number of rotatable bonds is 5. The molecule has 1 aliphatic carbocycles. The SMILES string of the molecule is CCc1ccc(CNC(C)C2CCCCC2)s1. The van der Waals surface area contributed by atoms with Crippen molar-refractivity contribution in [2.75, 3.05) is 0 Å². The van der Waals surface area contributed by atoms with Crippen LogP contribution < -0.4 is 5.32 Å². The van der Waals surface area contributed by atoms with Crippen molar-refractivity contribution in [2.24, 2.45) is 5.92 Å². The minimum Gasteiger partial charge on any atom is -0.309 e. The number of hydrogen-bond acceptors (Lipinski definition) is 2. The fourth-order valence-corrected chi connectivity index (χ4v) is 3.68. The van der Waals surface area contributed by atoms with E-state index in [0.717, 1.165) is 12.5 Å². The first-order valence-electron chi connectivity index (χ1n) is 7.10. The minimum atomic E-state index is 0.683. The van der Waals surface area contributed by atoms with Crippen molar-refractivity contribution < 1.29 is 0 Å². The van der Waals surface area contributed by atoms with Gasteiger partial charge in [-0.25, -0.2) is 0 Å². The molecule has 0 saturated heterocycles. The van der Waals surface area contributed by atoms with Crippen LogP contribution in [0.5, 0.6) is 0 Å². The molecule has 0 bridgehead atoms. The van der Waals surface area contributed by atoms with Crippen LogP contribution in [0, 0.1) is 5.92 Å². The van der Waals surface area contributed by atoms with E-state index in [1.807, 2.05) is 11.3 Å². The maximum atomic E-state index is 3.72. The second-order valence-corrected chi connectivity index (χ2v) is 6.54. The average molecular weight is 251 g/mol. The fraction of sp³-hybridized carbons (Fsp3) is 0.733. The monoisotopic (exact) mass is 251 g/mol. The first-order valence-corrected chi connectivity index (χ1v) is 7.92. The van der Waals surface area contributed by atoms with Crippen LogP contribution in [-0.2, 0) is 13.0 Å². The van der Waals surface area contributed by atoms with E-state index in [-0.39, 0.29) is 0 Å². The highest BCUT2D eigenvalue weighted by atomic mass is 32.1. The summed E-state index contributed by atoms with van der Waals surface area (Å²) in [5.74, 6) is 0.911. The van der Waals surface area contributed by atoms with Gasteiger partial charge in [0.25, 0.3) is 0 Å². The van der Waals surface area contributed by atoms with Crippen LogP contribution in [-0.4, -0.2) is 6.04 Å².